The Morgan fingerprint density at radius 1 is 0.793 bits per heavy atom. The quantitative estimate of drug-likeness (QED) is 0.209. The highest BCUT2D eigenvalue weighted by molar-refractivity contribution is 7.99. The molecular weight excluding hydrogens is 428 g/mol. The summed E-state index contributed by atoms with van der Waals surface area (Å²) in [4.78, 5) is 46.4. The van der Waals surface area contributed by atoms with Crippen LogP contribution in [0.1, 0.15) is 40.5 Å². The Balaban J connectivity index is 3.13. The highest BCUT2D eigenvalue weighted by Crippen LogP contribution is 2.31. The number of carbonyl (C=O) groups excluding carboxylic acids is 4. The highest BCUT2D eigenvalue weighted by atomic mass is 35.5. The number of thioether (sulfide) groups is 1. The normalized spacial score (nSPS) is 26.3. The lowest BCUT2D eigenvalue weighted by atomic mass is 9.96. The topological polar surface area (TPSA) is 114 Å². The second-order valence-electron chi connectivity index (χ2n) is 6.32. The van der Waals surface area contributed by atoms with Crippen LogP contribution in [0.25, 0.3) is 0 Å². The Kier molecular flexibility index (Phi) is 11.4. The predicted octanol–water partition coefficient (Wildman–Crippen LogP) is 1.82. The van der Waals surface area contributed by atoms with Crippen LogP contribution < -0.4 is 0 Å². The van der Waals surface area contributed by atoms with E-state index in [1.54, 1.807) is 11.8 Å². The molecule has 0 amide bonds. The third kappa shape index (κ3) is 9.22. The van der Waals surface area contributed by atoms with E-state index in [9.17, 15) is 19.2 Å². The van der Waals surface area contributed by atoms with E-state index in [4.69, 9.17) is 35.3 Å². The van der Waals surface area contributed by atoms with E-state index in [0.717, 1.165) is 19.1 Å². The van der Waals surface area contributed by atoms with Gasteiger partial charge in [0, 0.05) is 33.6 Å². The van der Waals surface area contributed by atoms with Crippen molar-refractivity contribution in [3.05, 3.63) is 0 Å². The predicted molar refractivity (Wildman–Crippen MR) is 104 cm³/mol. The average molecular weight is 455 g/mol. The molecule has 1 aliphatic rings. The number of alkyl halides is 1. The van der Waals surface area contributed by atoms with Crippen molar-refractivity contribution in [3.8, 4) is 0 Å². The van der Waals surface area contributed by atoms with E-state index >= 15 is 0 Å². The van der Waals surface area contributed by atoms with E-state index in [0.29, 0.717) is 18.1 Å². The molecule has 0 aromatic rings. The first-order valence-electron chi connectivity index (χ1n) is 9.13. The van der Waals surface area contributed by atoms with E-state index in [1.807, 2.05) is 0 Å². The summed E-state index contributed by atoms with van der Waals surface area (Å²) in [7, 11) is 0. The van der Waals surface area contributed by atoms with Crippen molar-refractivity contribution < 1.29 is 42.9 Å². The van der Waals surface area contributed by atoms with Gasteiger partial charge in [0.2, 0.25) is 12.4 Å². The van der Waals surface area contributed by atoms with Crippen molar-refractivity contribution in [3.63, 3.8) is 0 Å². The molecule has 1 aliphatic heterocycles. The minimum absolute atomic E-state index is 0.410. The zero-order chi connectivity index (χ0) is 22.0. The van der Waals surface area contributed by atoms with Crippen LogP contribution >= 0.6 is 23.4 Å². The molecule has 0 saturated carbocycles. The van der Waals surface area contributed by atoms with Crippen LogP contribution in [0.15, 0.2) is 0 Å². The van der Waals surface area contributed by atoms with Gasteiger partial charge in [-0.3, -0.25) is 19.2 Å². The Bertz CT molecular complexity index is 586. The number of hydrogen-bond acceptors (Lipinski definition) is 10. The highest BCUT2D eigenvalue weighted by Gasteiger charge is 2.52. The van der Waals surface area contributed by atoms with Gasteiger partial charge in [0.05, 0.1) is 0 Å². The molecule has 0 spiro atoms. The average Bonchev–Trinajstić information content (AvgIpc) is 2.59. The standard InChI is InChI=1S/C18H27ClO9S/c1-10(20)24-15-14(6-9-29-8-5-7-19)28-18(27-13(4)23)17(26-12(3)22)16(15)25-11(2)21/h14-18H,5-9H2,1-4H3/t14-,15-,16+,17+,18+/m1/s1. The van der Waals surface area contributed by atoms with Crippen LogP contribution in [-0.4, -0.2) is 72.0 Å². The summed E-state index contributed by atoms with van der Waals surface area (Å²) in [5.74, 6) is -0.649. The summed E-state index contributed by atoms with van der Waals surface area (Å²) >= 11 is 7.30. The van der Waals surface area contributed by atoms with E-state index < -0.39 is 54.6 Å². The summed E-state index contributed by atoms with van der Waals surface area (Å²) in [6.45, 7) is 4.69. The zero-order valence-corrected chi connectivity index (χ0v) is 18.5. The summed E-state index contributed by atoms with van der Waals surface area (Å²) in [6.07, 6.45) is -4.34. The number of hydrogen-bond donors (Lipinski definition) is 0. The largest absolute Gasteiger partial charge is 0.456 e. The first kappa shape index (κ1) is 25.5. The van der Waals surface area contributed by atoms with Crippen LogP contribution in [0.2, 0.25) is 0 Å². The molecule has 1 rings (SSSR count). The van der Waals surface area contributed by atoms with E-state index in [-0.39, 0.29) is 0 Å². The number of rotatable bonds is 10. The molecule has 11 heteroatoms. The summed E-state index contributed by atoms with van der Waals surface area (Å²) in [5, 5.41) is 0. The lowest BCUT2D eigenvalue weighted by Crippen LogP contribution is -2.62. The fraction of sp³-hybridized carbons (Fsp3) is 0.778. The van der Waals surface area contributed by atoms with Crippen LogP contribution in [0.3, 0.4) is 0 Å². The van der Waals surface area contributed by atoms with Gasteiger partial charge in [-0.2, -0.15) is 11.8 Å². The molecule has 0 aliphatic carbocycles. The second-order valence-corrected chi connectivity index (χ2v) is 7.92. The van der Waals surface area contributed by atoms with Crippen LogP contribution in [0, 0.1) is 0 Å². The third-order valence-electron chi connectivity index (χ3n) is 3.75. The number of carbonyl (C=O) groups is 4. The van der Waals surface area contributed by atoms with Crippen molar-refractivity contribution >= 4 is 47.2 Å². The molecular formula is C18H27ClO9S. The van der Waals surface area contributed by atoms with Gasteiger partial charge in [0.1, 0.15) is 6.10 Å². The number of esters is 4. The lowest BCUT2D eigenvalue weighted by molar-refractivity contribution is -0.295. The second kappa shape index (κ2) is 12.9. The molecule has 5 atom stereocenters. The van der Waals surface area contributed by atoms with Gasteiger partial charge in [-0.15, -0.1) is 11.6 Å². The molecule has 0 N–H and O–H groups in total. The fourth-order valence-corrected chi connectivity index (χ4v) is 4.05. The molecule has 0 bridgehead atoms. The Morgan fingerprint density at radius 2 is 1.31 bits per heavy atom. The molecule has 29 heavy (non-hydrogen) atoms. The molecule has 0 aromatic carbocycles. The maximum Gasteiger partial charge on any atom is 0.305 e. The minimum atomic E-state index is -1.31. The molecule has 1 heterocycles. The molecule has 0 aromatic heterocycles. The molecule has 9 nitrogen and oxygen atoms in total. The number of ether oxygens (including phenoxy) is 5. The summed E-state index contributed by atoms with van der Waals surface area (Å²) in [6, 6.07) is 0. The maximum absolute atomic E-state index is 11.7. The van der Waals surface area contributed by atoms with Crippen molar-refractivity contribution in [2.45, 2.75) is 71.2 Å². The van der Waals surface area contributed by atoms with E-state index in [2.05, 4.69) is 0 Å². The number of halogens is 1. The Morgan fingerprint density at radius 3 is 1.83 bits per heavy atom. The van der Waals surface area contributed by atoms with Crippen molar-refractivity contribution in [1.29, 1.82) is 0 Å². The van der Waals surface area contributed by atoms with Gasteiger partial charge < -0.3 is 23.7 Å². The molecule has 1 saturated heterocycles. The Hall–Kier alpha value is -1.52. The Labute approximate surface area is 179 Å². The van der Waals surface area contributed by atoms with Gasteiger partial charge in [-0.25, -0.2) is 0 Å². The van der Waals surface area contributed by atoms with Gasteiger partial charge >= 0.3 is 23.9 Å². The zero-order valence-electron chi connectivity index (χ0n) is 16.9. The molecule has 1 fully saturated rings. The maximum atomic E-state index is 11.7. The van der Waals surface area contributed by atoms with Gasteiger partial charge in [-0.05, 0) is 24.3 Å². The first-order valence-corrected chi connectivity index (χ1v) is 10.8. The first-order chi connectivity index (χ1) is 13.6. The van der Waals surface area contributed by atoms with Crippen molar-refractivity contribution in [1.82, 2.24) is 0 Å². The van der Waals surface area contributed by atoms with Crippen LogP contribution in [0.5, 0.6) is 0 Å². The van der Waals surface area contributed by atoms with Gasteiger partial charge in [-0.1, -0.05) is 0 Å². The molecule has 166 valence electrons. The van der Waals surface area contributed by atoms with Crippen LogP contribution in [0.4, 0.5) is 0 Å². The smallest absolute Gasteiger partial charge is 0.305 e. The lowest BCUT2D eigenvalue weighted by Gasteiger charge is -2.43. The van der Waals surface area contributed by atoms with E-state index in [1.165, 1.54) is 20.8 Å². The van der Waals surface area contributed by atoms with Crippen molar-refractivity contribution in [2.75, 3.05) is 17.4 Å². The van der Waals surface area contributed by atoms with Crippen LogP contribution in [-0.2, 0) is 42.9 Å². The summed E-state index contributed by atoms with van der Waals surface area (Å²) in [5.41, 5.74) is 0. The molecule has 0 radical (unpaired) electrons. The fourth-order valence-electron chi connectivity index (χ4n) is 2.80. The monoisotopic (exact) mass is 454 g/mol. The minimum Gasteiger partial charge on any atom is -0.456 e. The SMILES string of the molecule is CC(=O)O[C@H]1O[C@H](CCSCCCCl)[C@@H](OC(C)=O)[C@H](OC(C)=O)[C@@H]1OC(C)=O. The summed E-state index contributed by atoms with van der Waals surface area (Å²) < 4.78 is 26.8. The molecule has 0 unspecified atom stereocenters. The van der Waals surface area contributed by atoms with Crippen molar-refractivity contribution in [2.24, 2.45) is 0 Å². The van der Waals surface area contributed by atoms with Gasteiger partial charge in [0.15, 0.2) is 12.2 Å². The van der Waals surface area contributed by atoms with Gasteiger partial charge in [0.25, 0.3) is 0 Å². The third-order valence-corrected chi connectivity index (χ3v) is 5.12.